The van der Waals surface area contributed by atoms with E-state index in [4.69, 9.17) is 0 Å². The summed E-state index contributed by atoms with van der Waals surface area (Å²) in [7, 11) is 0. The van der Waals surface area contributed by atoms with E-state index in [1.165, 1.54) is 71.3 Å². The molecule has 0 unspecified atom stereocenters. The quantitative estimate of drug-likeness (QED) is 0.231. The first-order valence-corrected chi connectivity index (χ1v) is 12.2. The van der Waals surface area contributed by atoms with Crippen molar-refractivity contribution in [1.29, 1.82) is 0 Å². The zero-order valence-electron chi connectivity index (χ0n) is 21.7. The van der Waals surface area contributed by atoms with Crippen molar-refractivity contribution in [3.05, 3.63) is 82.4 Å². The number of benzene rings is 5. The normalized spacial score (nSPS) is 13.0. The van der Waals surface area contributed by atoms with Crippen LogP contribution in [-0.4, -0.2) is 0 Å². The SMILES string of the molecule is Cc1cc(C)c(-c2cc3cc(C(C)(C)C)cc4ccc5cc(C(C)(C)C)cc2c5c43)c(C)c1. The molecule has 168 valence electrons. The highest BCUT2D eigenvalue weighted by atomic mass is 14.3. The van der Waals surface area contributed by atoms with Crippen molar-refractivity contribution in [3.63, 3.8) is 0 Å². The van der Waals surface area contributed by atoms with Gasteiger partial charge in [-0.15, -0.1) is 0 Å². The minimum absolute atomic E-state index is 0.0957. The van der Waals surface area contributed by atoms with E-state index >= 15 is 0 Å². The fourth-order valence-corrected chi connectivity index (χ4v) is 5.60. The van der Waals surface area contributed by atoms with Crippen LogP contribution in [0.5, 0.6) is 0 Å². The van der Waals surface area contributed by atoms with Crippen LogP contribution in [0.2, 0.25) is 0 Å². The van der Waals surface area contributed by atoms with Gasteiger partial charge in [-0.3, -0.25) is 0 Å². The maximum absolute atomic E-state index is 2.47. The van der Waals surface area contributed by atoms with Crippen LogP contribution < -0.4 is 0 Å². The number of aryl methyl sites for hydroxylation is 3. The summed E-state index contributed by atoms with van der Waals surface area (Å²) < 4.78 is 0. The van der Waals surface area contributed by atoms with Gasteiger partial charge in [0.15, 0.2) is 0 Å². The van der Waals surface area contributed by atoms with E-state index < -0.39 is 0 Å². The predicted molar refractivity (Wildman–Crippen MR) is 147 cm³/mol. The van der Waals surface area contributed by atoms with Crippen molar-refractivity contribution in [1.82, 2.24) is 0 Å². The zero-order valence-corrected chi connectivity index (χ0v) is 21.7. The second kappa shape index (κ2) is 7.07. The number of hydrogen-bond acceptors (Lipinski definition) is 0. The smallest absolute Gasteiger partial charge is 0.00204 e. The Hall–Kier alpha value is -2.86. The molecule has 5 aromatic carbocycles. The lowest BCUT2D eigenvalue weighted by Gasteiger charge is -2.25. The summed E-state index contributed by atoms with van der Waals surface area (Å²) >= 11 is 0. The average Bonchev–Trinajstić information content (AvgIpc) is 2.69. The molecule has 0 aliphatic carbocycles. The molecule has 0 spiro atoms. The molecule has 0 aliphatic heterocycles. The predicted octanol–water partition coefficient (Wildman–Crippen LogP) is 9.77. The van der Waals surface area contributed by atoms with Crippen molar-refractivity contribution in [2.24, 2.45) is 0 Å². The summed E-state index contributed by atoms with van der Waals surface area (Å²) in [5.41, 5.74) is 9.80. The van der Waals surface area contributed by atoms with E-state index in [2.05, 4.69) is 117 Å². The van der Waals surface area contributed by atoms with Gasteiger partial charge in [-0.1, -0.05) is 89.6 Å². The van der Waals surface area contributed by atoms with Crippen LogP contribution in [0, 0.1) is 20.8 Å². The Balaban J connectivity index is 2.03. The Morgan fingerprint density at radius 1 is 0.515 bits per heavy atom. The topological polar surface area (TPSA) is 0 Å². The molecule has 0 fully saturated rings. The van der Waals surface area contributed by atoms with Crippen LogP contribution in [0.1, 0.15) is 69.4 Å². The summed E-state index contributed by atoms with van der Waals surface area (Å²) in [5.74, 6) is 0. The molecule has 0 N–H and O–H groups in total. The highest BCUT2D eigenvalue weighted by Crippen LogP contribution is 2.45. The lowest BCUT2D eigenvalue weighted by molar-refractivity contribution is 0.591. The maximum Gasteiger partial charge on any atom is -0.00204 e. The van der Waals surface area contributed by atoms with Gasteiger partial charge < -0.3 is 0 Å². The van der Waals surface area contributed by atoms with Crippen LogP contribution in [-0.2, 0) is 10.8 Å². The molecule has 0 aliphatic rings. The maximum atomic E-state index is 2.47. The van der Waals surface area contributed by atoms with Crippen molar-refractivity contribution < 1.29 is 0 Å². The van der Waals surface area contributed by atoms with Crippen molar-refractivity contribution in [3.8, 4) is 11.1 Å². The molecule has 33 heavy (non-hydrogen) atoms. The summed E-state index contributed by atoms with van der Waals surface area (Å²) in [6.07, 6.45) is 0. The van der Waals surface area contributed by atoms with Gasteiger partial charge in [0.05, 0.1) is 0 Å². The Labute approximate surface area is 199 Å². The van der Waals surface area contributed by atoms with Crippen LogP contribution >= 0.6 is 0 Å². The van der Waals surface area contributed by atoms with Gasteiger partial charge in [0.25, 0.3) is 0 Å². The third-order valence-corrected chi connectivity index (χ3v) is 7.33. The summed E-state index contributed by atoms with van der Waals surface area (Å²) in [5, 5.41) is 8.25. The minimum atomic E-state index is 0.0957. The van der Waals surface area contributed by atoms with E-state index in [1.54, 1.807) is 0 Å². The van der Waals surface area contributed by atoms with Gasteiger partial charge in [0.1, 0.15) is 0 Å². The highest BCUT2D eigenvalue weighted by Gasteiger charge is 2.22. The summed E-state index contributed by atoms with van der Waals surface area (Å²) in [6, 6.07) is 21.5. The van der Waals surface area contributed by atoms with E-state index in [0.29, 0.717) is 0 Å². The lowest BCUT2D eigenvalue weighted by atomic mass is 9.79. The van der Waals surface area contributed by atoms with Crippen molar-refractivity contribution >= 4 is 32.3 Å². The third-order valence-electron chi connectivity index (χ3n) is 7.33. The van der Waals surface area contributed by atoms with Gasteiger partial charge >= 0.3 is 0 Å². The molecule has 0 saturated heterocycles. The molecule has 5 rings (SSSR count). The molecular weight excluding hydrogens is 396 g/mol. The van der Waals surface area contributed by atoms with E-state index in [1.807, 2.05) is 0 Å². The third kappa shape index (κ3) is 3.52. The molecule has 5 aromatic rings. The molecule has 0 aromatic heterocycles. The first-order chi connectivity index (χ1) is 15.3. The van der Waals surface area contributed by atoms with E-state index in [-0.39, 0.29) is 10.8 Å². The summed E-state index contributed by atoms with van der Waals surface area (Å²) in [4.78, 5) is 0. The molecule has 0 heterocycles. The largest absolute Gasteiger partial charge is 0.0561 e. The minimum Gasteiger partial charge on any atom is -0.0561 e. The van der Waals surface area contributed by atoms with Gasteiger partial charge in [-0.25, -0.2) is 0 Å². The Morgan fingerprint density at radius 3 is 1.55 bits per heavy atom. The lowest BCUT2D eigenvalue weighted by Crippen LogP contribution is -2.12. The first-order valence-electron chi connectivity index (χ1n) is 12.2. The monoisotopic (exact) mass is 432 g/mol. The molecule has 0 atom stereocenters. The van der Waals surface area contributed by atoms with Crippen LogP contribution in [0.25, 0.3) is 43.4 Å². The Bertz CT molecular complexity index is 1510. The van der Waals surface area contributed by atoms with Crippen molar-refractivity contribution in [2.75, 3.05) is 0 Å². The molecule has 0 saturated carbocycles. The first kappa shape index (κ1) is 22.0. The summed E-state index contributed by atoms with van der Waals surface area (Å²) in [6.45, 7) is 20.6. The second-order valence-electron chi connectivity index (χ2n) is 12.2. The van der Waals surface area contributed by atoms with Gasteiger partial charge in [0, 0.05) is 0 Å². The van der Waals surface area contributed by atoms with Crippen LogP contribution in [0.4, 0.5) is 0 Å². The van der Waals surface area contributed by atoms with Crippen LogP contribution in [0.15, 0.2) is 54.6 Å². The number of hydrogen-bond donors (Lipinski definition) is 0. The Kier molecular flexibility index (Phi) is 4.70. The second-order valence-corrected chi connectivity index (χ2v) is 12.2. The molecule has 0 radical (unpaired) electrons. The van der Waals surface area contributed by atoms with E-state index in [0.717, 1.165) is 0 Å². The van der Waals surface area contributed by atoms with Gasteiger partial charge in [0.2, 0.25) is 0 Å². The van der Waals surface area contributed by atoms with Crippen LogP contribution in [0.3, 0.4) is 0 Å². The fourth-order valence-electron chi connectivity index (χ4n) is 5.60. The van der Waals surface area contributed by atoms with Gasteiger partial charge in [-0.05, 0) is 109 Å². The fraction of sp³-hybridized carbons (Fsp3) is 0.333. The van der Waals surface area contributed by atoms with E-state index in [9.17, 15) is 0 Å². The van der Waals surface area contributed by atoms with Crippen molar-refractivity contribution in [2.45, 2.75) is 73.1 Å². The highest BCUT2D eigenvalue weighted by molar-refractivity contribution is 6.26. The molecular formula is C33H36. The molecule has 0 nitrogen and oxygen atoms in total. The molecule has 0 amide bonds. The number of rotatable bonds is 1. The molecule has 0 bridgehead atoms. The van der Waals surface area contributed by atoms with Gasteiger partial charge in [-0.2, -0.15) is 0 Å². The standard InChI is InChI=1S/C33H36/c1-19-12-20(2)29(21(3)13-19)27-17-24-16-25(32(4,5)6)14-22-10-11-23-15-26(33(7,8)9)18-28(27)31(23)30(22)24/h10-18H,1-9H3. The average molecular weight is 433 g/mol. The Morgan fingerprint density at radius 2 is 1.00 bits per heavy atom. The zero-order chi connectivity index (χ0) is 23.9. The molecule has 0 heteroatoms.